The van der Waals surface area contributed by atoms with E-state index in [2.05, 4.69) is 20.4 Å². The second-order valence-electron chi connectivity index (χ2n) is 7.13. The summed E-state index contributed by atoms with van der Waals surface area (Å²) in [6.45, 7) is 0. The van der Waals surface area contributed by atoms with Crippen molar-refractivity contribution in [2.75, 3.05) is 0 Å². The maximum Gasteiger partial charge on any atom is 0.267 e. The van der Waals surface area contributed by atoms with Crippen LogP contribution in [0.25, 0.3) is 11.3 Å². The first-order valence-electron chi connectivity index (χ1n) is 9.60. The first-order valence-corrected chi connectivity index (χ1v) is 9.60. The minimum Gasteiger partial charge on any atom is -0.349 e. The summed E-state index contributed by atoms with van der Waals surface area (Å²) in [5, 5.41) is 7.48. The molecule has 0 aliphatic heterocycles. The van der Waals surface area contributed by atoms with Crippen molar-refractivity contribution in [2.24, 2.45) is 0 Å². The summed E-state index contributed by atoms with van der Waals surface area (Å²) in [5.41, 5.74) is 1.21. The van der Waals surface area contributed by atoms with Crippen LogP contribution >= 0.6 is 0 Å². The molecular weight excluding hydrogens is 370 g/mol. The van der Waals surface area contributed by atoms with Crippen molar-refractivity contribution in [1.82, 2.24) is 25.1 Å². The molecule has 0 spiro atoms. The highest BCUT2D eigenvalue weighted by Crippen LogP contribution is 2.27. The fraction of sp³-hybridized carbons (Fsp3) is 0.286. The van der Waals surface area contributed by atoms with Crippen LogP contribution in [0.1, 0.15) is 42.1 Å². The van der Waals surface area contributed by atoms with E-state index < -0.39 is 5.56 Å². The molecule has 0 saturated heterocycles. The standard InChI is InChI=1S/C21H21N5O3/c27-19-8-7-18(14-9-12-22-13-10-14)25-26(19)16-5-3-15(4-6-16)24-21(29)17-2-1-11-23-20(17)28/h1-2,7-13,15-16H,3-6H2,(H,23,28)(H,24,29). The Kier molecular flexibility index (Phi) is 5.33. The number of hydrogen-bond donors (Lipinski definition) is 2. The van der Waals surface area contributed by atoms with Gasteiger partial charge in [0.2, 0.25) is 0 Å². The number of nitrogens with one attached hydrogen (secondary N) is 2. The van der Waals surface area contributed by atoms with E-state index >= 15 is 0 Å². The van der Waals surface area contributed by atoms with Gasteiger partial charge in [-0.2, -0.15) is 5.10 Å². The lowest BCUT2D eigenvalue weighted by atomic mass is 9.91. The van der Waals surface area contributed by atoms with Crippen molar-refractivity contribution >= 4 is 5.91 Å². The van der Waals surface area contributed by atoms with E-state index in [-0.39, 0.29) is 29.1 Å². The Morgan fingerprint density at radius 1 is 1.03 bits per heavy atom. The number of pyridine rings is 2. The molecule has 1 aliphatic rings. The van der Waals surface area contributed by atoms with Crippen LogP contribution in [0.3, 0.4) is 0 Å². The lowest BCUT2D eigenvalue weighted by molar-refractivity contribution is 0.0920. The van der Waals surface area contributed by atoms with Crippen LogP contribution in [0.5, 0.6) is 0 Å². The van der Waals surface area contributed by atoms with Gasteiger partial charge in [0.15, 0.2) is 0 Å². The number of aromatic amines is 1. The highest BCUT2D eigenvalue weighted by atomic mass is 16.2. The predicted octanol–water partition coefficient (Wildman–Crippen LogP) is 1.91. The second kappa shape index (κ2) is 8.22. The Balaban J connectivity index is 1.43. The quantitative estimate of drug-likeness (QED) is 0.706. The molecule has 3 aromatic heterocycles. The van der Waals surface area contributed by atoms with E-state index in [0.29, 0.717) is 0 Å². The Labute approximate surface area is 166 Å². The zero-order valence-electron chi connectivity index (χ0n) is 15.7. The number of carbonyl (C=O) groups excluding carboxylic acids is 1. The zero-order chi connectivity index (χ0) is 20.2. The van der Waals surface area contributed by atoms with E-state index in [4.69, 9.17) is 0 Å². The van der Waals surface area contributed by atoms with Crippen molar-refractivity contribution in [3.8, 4) is 11.3 Å². The van der Waals surface area contributed by atoms with Gasteiger partial charge in [-0.3, -0.25) is 19.4 Å². The minimum atomic E-state index is -0.401. The molecule has 0 aromatic carbocycles. The smallest absolute Gasteiger partial charge is 0.267 e. The molecule has 0 unspecified atom stereocenters. The number of H-pyrrole nitrogens is 1. The Morgan fingerprint density at radius 3 is 2.52 bits per heavy atom. The van der Waals surface area contributed by atoms with E-state index in [9.17, 15) is 14.4 Å². The van der Waals surface area contributed by atoms with Gasteiger partial charge >= 0.3 is 0 Å². The normalized spacial score (nSPS) is 18.9. The van der Waals surface area contributed by atoms with Gasteiger partial charge in [0.1, 0.15) is 5.56 Å². The van der Waals surface area contributed by atoms with Gasteiger partial charge in [0, 0.05) is 36.3 Å². The average molecular weight is 391 g/mol. The fourth-order valence-corrected chi connectivity index (χ4v) is 3.69. The number of rotatable bonds is 4. The van der Waals surface area contributed by atoms with E-state index in [1.165, 1.54) is 18.3 Å². The molecule has 4 rings (SSSR count). The minimum absolute atomic E-state index is 0.0161. The first kappa shape index (κ1) is 18.8. The van der Waals surface area contributed by atoms with Gasteiger partial charge in [-0.05, 0) is 56.0 Å². The third-order valence-electron chi connectivity index (χ3n) is 5.24. The van der Waals surface area contributed by atoms with Crippen LogP contribution in [0.2, 0.25) is 0 Å². The largest absolute Gasteiger partial charge is 0.349 e. The predicted molar refractivity (Wildman–Crippen MR) is 108 cm³/mol. The molecule has 1 amide bonds. The average Bonchev–Trinajstić information content (AvgIpc) is 2.76. The number of aromatic nitrogens is 4. The molecule has 1 saturated carbocycles. The topological polar surface area (TPSA) is 110 Å². The highest BCUT2D eigenvalue weighted by Gasteiger charge is 2.25. The summed E-state index contributed by atoms with van der Waals surface area (Å²) in [7, 11) is 0. The van der Waals surface area contributed by atoms with Crippen LogP contribution in [0, 0.1) is 0 Å². The van der Waals surface area contributed by atoms with Crippen molar-refractivity contribution in [3.05, 3.63) is 81.3 Å². The van der Waals surface area contributed by atoms with Crippen LogP contribution in [-0.4, -0.2) is 31.7 Å². The first-order chi connectivity index (χ1) is 14.1. The van der Waals surface area contributed by atoms with Crippen molar-refractivity contribution in [2.45, 2.75) is 37.8 Å². The molecule has 0 radical (unpaired) electrons. The Bertz CT molecular complexity index is 1110. The molecule has 0 atom stereocenters. The molecular formula is C21H21N5O3. The monoisotopic (exact) mass is 391 g/mol. The molecule has 3 heterocycles. The van der Waals surface area contributed by atoms with E-state index in [0.717, 1.165) is 36.9 Å². The van der Waals surface area contributed by atoms with Crippen molar-refractivity contribution in [1.29, 1.82) is 0 Å². The number of amides is 1. The van der Waals surface area contributed by atoms with Gasteiger partial charge < -0.3 is 10.3 Å². The third-order valence-corrected chi connectivity index (χ3v) is 5.24. The summed E-state index contributed by atoms with van der Waals surface area (Å²) in [4.78, 5) is 43.0. The Hall–Kier alpha value is -3.55. The molecule has 148 valence electrons. The number of carbonyl (C=O) groups is 1. The summed E-state index contributed by atoms with van der Waals surface area (Å²) < 4.78 is 1.55. The maximum atomic E-state index is 12.4. The van der Waals surface area contributed by atoms with Crippen molar-refractivity contribution < 1.29 is 4.79 Å². The molecule has 29 heavy (non-hydrogen) atoms. The van der Waals surface area contributed by atoms with Crippen molar-refractivity contribution in [3.63, 3.8) is 0 Å². The van der Waals surface area contributed by atoms with E-state index in [1.807, 2.05) is 12.1 Å². The van der Waals surface area contributed by atoms with Gasteiger partial charge in [0.05, 0.1) is 11.7 Å². The van der Waals surface area contributed by atoms with Gasteiger partial charge in [-0.1, -0.05) is 0 Å². The van der Waals surface area contributed by atoms with Gasteiger partial charge in [0.25, 0.3) is 17.0 Å². The lowest BCUT2D eigenvalue weighted by Gasteiger charge is -2.29. The molecule has 8 nitrogen and oxygen atoms in total. The summed E-state index contributed by atoms with van der Waals surface area (Å²) in [6.07, 6.45) is 7.76. The van der Waals surface area contributed by atoms with Crippen LogP contribution in [0.4, 0.5) is 0 Å². The third kappa shape index (κ3) is 4.16. The van der Waals surface area contributed by atoms with Gasteiger partial charge in [-0.15, -0.1) is 0 Å². The SMILES string of the molecule is O=C(NC1CCC(n2nc(-c3ccncc3)ccc2=O)CC1)c1ccc[nH]c1=O. The molecule has 0 bridgehead atoms. The maximum absolute atomic E-state index is 12.4. The van der Waals surface area contributed by atoms with Gasteiger partial charge in [-0.25, -0.2) is 4.68 Å². The lowest BCUT2D eigenvalue weighted by Crippen LogP contribution is -2.41. The molecule has 1 fully saturated rings. The zero-order valence-corrected chi connectivity index (χ0v) is 15.7. The summed E-state index contributed by atoms with van der Waals surface area (Å²) in [5.74, 6) is -0.370. The van der Waals surface area contributed by atoms with E-state index in [1.54, 1.807) is 29.2 Å². The molecule has 3 aromatic rings. The fourth-order valence-electron chi connectivity index (χ4n) is 3.69. The number of hydrogen-bond acceptors (Lipinski definition) is 5. The number of nitrogens with zero attached hydrogens (tertiary/aromatic N) is 3. The summed E-state index contributed by atoms with van der Waals surface area (Å²) in [6, 6.07) is 10.1. The molecule has 8 heteroatoms. The molecule has 2 N–H and O–H groups in total. The summed E-state index contributed by atoms with van der Waals surface area (Å²) >= 11 is 0. The van der Waals surface area contributed by atoms with Crippen LogP contribution < -0.4 is 16.4 Å². The Morgan fingerprint density at radius 2 is 1.79 bits per heavy atom. The van der Waals surface area contributed by atoms with Crippen LogP contribution in [-0.2, 0) is 0 Å². The molecule has 1 aliphatic carbocycles. The highest BCUT2D eigenvalue weighted by molar-refractivity contribution is 5.93. The second-order valence-corrected chi connectivity index (χ2v) is 7.13. The van der Waals surface area contributed by atoms with Crippen LogP contribution in [0.15, 0.2) is 64.6 Å².